The van der Waals surface area contributed by atoms with Crippen molar-refractivity contribution in [2.24, 2.45) is 0 Å². The molecular weight excluding hydrogens is 286 g/mol. The third-order valence-corrected chi connectivity index (χ3v) is 2.11. The van der Waals surface area contributed by atoms with Crippen LogP contribution in [0, 0.1) is 0 Å². The van der Waals surface area contributed by atoms with E-state index in [1.807, 2.05) is 0 Å². The molecule has 0 spiro atoms. The van der Waals surface area contributed by atoms with E-state index in [1.165, 1.54) is 0 Å². The van der Waals surface area contributed by atoms with Crippen LogP contribution in [-0.2, 0) is 14.4 Å². The van der Waals surface area contributed by atoms with Gasteiger partial charge in [0.15, 0.2) is 5.60 Å². The van der Waals surface area contributed by atoms with Gasteiger partial charge in [-0.2, -0.15) is 0 Å². The van der Waals surface area contributed by atoms with Crippen LogP contribution in [0.15, 0.2) is 0 Å². The van der Waals surface area contributed by atoms with Crippen molar-refractivity contribution in [3.05, 3.63) is 0 Å². The summed E-state index contributed by atoms with van der Waals surface area (Å²) in [4.78, 5) is 32.2. The van der Waals surface area contributed by atoms with Crippen LogP contribution in [0.5, 0.6) is 0 Å². The number of aliphatic carboxylic acids is 2. The Bertz CT molecular complexity index is 294. The molecular formula is C8H12BrNO6. The first-order valence-corrected chi connectivity index (χ1v) is 5.44. The normalized spacial score (nSPS) is 13.9. The quantitative estimate of drug-likeness (QED) is 0.455. The monoisotopic (exact) mass is 297 g/mol. The zero-order valence-corrected chi connectivity index (χ0v) is 9.86. The highest BCUT2D eigenvalue weighted by Gasteiger charge is 2.40. The molecule has 0 radical (unpaired) electrons. The number of amides is 1. The Labute approximate surface area is 99.6 Å². The third-order valence-electron chi connectivity index (χ3n) is 1.71. The van der Waals surface area contributed by atoms with Crippen LogP contribution in [0.2, 0.25) is 0 Å². The number of carboxylic acid groups (broad SMARTS) is 2. The predicted molar refractivity (Wildman–Crippen MR) is 56.3 cm³/mol. The highest BCUT2D eigenvalue weighted by molar-refractivity contribution is 9.09. The number of carbonyl (C=O) groups is 3. The molecule has 0 aromatic carbocycles. The lowest BCUT2D eigenvalue weighted by atomic mass is 9.95. The molecule has 0 heterocycles. The van der Waals surface area contributed by atoms with Crippen LogP contribution in [0.4, 0.5) is 0 Å². The molecule has 0 aliphatic rings. The van der Waals surface area contributed by atoms with Gasteiger partial charge in [0.2, 0.25) is 5.91 Å². The Morgan fingerprint density at radius 3 is 2.12 bits per heavy atom. The summed E-state index contributed by atoms with van der Waals surface area (Å²) in [6.45, 7) is 0.265. The summed E-state index contributed by atoms with van der Waals surface area (Å²) in [7, 11) is 0. The summed E-state index contributed by atoms with van der Waals surface area (Å²) < 4.78 is 0. The Morgan fingerprint density at radius 2 is 1.75 bits per heavy atom. The third kappa shape index (κ3) is 5.08. The molecule has 0 fully saturated rings. The van der Waals surface area contributed by atoms with Crippen LogP contribution in [-0.4, -0.2) is 50.6 Å². The Balaban J connectivity index is 4.49. The van der Waals surface area contributed by atoms with Gasteiger partial charge in [0.25, 0.3) is 0 Å². The van der Waals surface area contributed by atoms with Crippen molar-refractivity contribution < 1.29 is 29.7 Å². The van der Waals surface area contributed by atoms with E-state index in [4.69, 9.17) is 10.2 Å². The molecule has 1 unspecified atom stereocenters. The standard InChI is InChI=1S/C8H12BrNO6/c9-1-2-10-5(11)3-8(16,7(14)15)4-6(12)13/h16H,1-4H2,(H,10,11)(H,12,13)(H,14,15). The molecule has 0 bridgehead atoms. The summed E-state index contributed by atoms with van der Waals surface area (Å²) in [6.07, 6.45) is -1.81. The molecule has 8 heteroatoms. The van der Waals surface area contributed by atoms with Gasteiger partial charge in [0.1, 0.15) is 0 Å². The molecule has 0 saturated carbocycles. The smallest absolute Gasteiger partial charge is 0.336 e. The van der Waals surface area contributed by atoms with Gasteiger partial charge < -0.3 is 20.6 Å². The number of hydrogen-bond acceptors (Lipinski definition) is 4. The number of hydrogen-bond donors (Lipinski definition) is 4. The van der Waals surface area contributed by atoms with E-state index in [0.717, 1.165) is 0 Å². The predicted octanol–water partition coefficient (Wildman–Crippen LogP) is -0.822. The van der Waals surface area contributed by atoms with Gasteiger partial charge in [-0.05, 0) is 0 Å². The van der Waals surface area contributed by atoms with E-state index >= 15 is 0 Å². The highest BCUT2D eigenvalue weighted by Crippen LogP contribution is 2.15. The van der Waals surface area contributed by atoms with Gasteiger partial charge in [-0.15, -0.1) is 0 Å². The van der Waals surface area contributed by atoms with Crippen molar-refractivity contribution in [3.63, 3.8) is 0 Å². The second-order valence-corrected chi connectivity index (χ2v) is 3.92. The van der Waals surface area contributed by atoms with Crippen LogP contribution in [0.1, 0.15) is 12.8 Å². The molecule has 0 aromatic heterocycles. The van der Waals surface area contributed by atoms with Gasteiger partial charge in [0, 0.05) is 11.9 Å². The van der Waals surface area contributed by atoms with Crippen LogP contribution >= 0.6 is 15.9 Å². The van der Waals surface area contributed by atoms with Crippen LogP contribution < -0.4 is 5.32 Å². The molecule has 16 heavy (non-hydrogen) atoms. The van der Waals surface area contributed by atoms with E-state index in [1.54, 1.807) is 0 Å². The van der Waals surface area contributed by atoms with Crippen molar-refractivity contribution in [2.75, 3.05) is 11.9 Å². The number of nitrogens with one attached hydrogen (secondary N) is 1. The molecule has 1 atom stereocenters. The Morgan fingerprint density at radius 1 is 1.19 bits per heavy atom. The largest absolute Gasteiger partial charge is 0.481 e. The van der Waals surface area contributed by atoms with E-state index in [9.17, 15) is 19.5 Å². The number of carbonyl (C=O) groups excluding carboxylic acids is 1. The van der Waals surface area contributed by atoms with E-state index < -0.39 is 36.3 Å². The number of halogens is 1. The van der Waals surface area contributed by atoms with Crippen molar-refractivity contribution >= 4 is 33.8 Å². The van der Waals surface area contributed by atoms with Crippen molar-refractivity contribution in [1.82, 2.24) is 5.32 Å². The minimum atomic E-state index is -2.57. The summed E-state index contributed by atoms with van der Waals surface area (Å²) in [5.41, 5.74) is -2.57. The first kappa shape index (κ1) is 14.8. The molecule has 0 aliphatic heterocycles. The molecule has 0 aromatic rings. The van der Waals surface area contributed by atoms with Gasteiger partial charge in [-0.1, -0.05) is 15.9 Å². The number of rotatable bonds is 7. The van der Waals surface area contributed by atoms with E-state index in [-0.39, 0.29) is 6.54 Å². The summed E-state index contributed by atoms with van der Waals surface area (Å²) in [6, 6.07) is 0. The van der Waals surface area contributed by atoms with Crippen molar-refractivity contribution in [3.8, 4) is 0 Å². The minimum Gasteiger partial charge on any atom is -0.481 e. The summed E-state index contributed by atoms with van der Waals surface area (Å²) in [5.74, 6) is -3.94. The molecule has 0 rings (SSSR count). The molecule has 0 saturated heterocycles. The van der Waals surface area contributed by atoms with Crippen molar-refractivity contribution in [1.29, 1.82) is 0 Å². The number of carboxylic acids is 2. The van der Waals surface area contributed by atoms with E-state index in [0.29, 0.717) is 5.33 Å². The second-order valence-electron chi connectivity index (χ2n) is 3.12. The maximum Gasteiger partial charge on any atom is 0.336 e. The minimum absolute atomic E-state index is 0.265. The molecule has 0 aliphatic carbocycles. The first-order chi connectivity index (χ1) is 7.31. The molecule has 92 valence electrons. The summed E-state index contributed by atoms with van der Waals surface area (Å²) in [5, 5.41) is 29.3. The maximum absolute atomic E-state index is 11.2. The van der Waals surface area contributed by atoms with E-state index in [2.05, 4.69) is 21.2 Å². The zero-order chi connectivity index (χ0) is 12.8. The van der Waals surface area contributed by atoms with Gasteiger partial charge in [-0.3, -0.25) is 9.59 Å². The Kier molecular flexibility index (Phi) is 5.97. The zero-order valence-electron chi connectivity index (χ0n) is 8.27. The molecule has 1 amide bonds. The van der Waals surface area contributed by atoms with Crippen LogP contribution in [0.3, 0.4) is 0 Å². The average molecular weight is 298 g/mol. The van der Waals surface area contributed by atoms with Gasteiger partial charge in [-0.25, -0.2) is 4.79 Å². The topological polar surface area (TPSA) is 124 Å². The fraction of sp³-hybridized carbons (Fsp3) is 0.625. The highest BCUT2D eigenvalue weighted by atomic mass is 79.9. The first-order valence-electron chi connectivity index (χ1n) is 4.32. The summed E-state index contributed by atoms with van der Waals surface area (Å²) >= 11 is 3.04. The van der Waals surface area contributed by atoms with Gasteiger partial charge in [0.05, 0.1) is 12.8 Å². The molecule has 4 N–H and O–H groups in total. The molecule has 7 nitrogen and oxygen atoms in total. The van der Waals surface area contributed by atoms with Gasteiger partial charge >= 0.3 is 11.9 Å². The lowest BCUT2D eigenvalue weighted by Gasteiger charge is -2.20. The number of aliphatic hydroxyl groups is 1. The average Bonchev–Trinajstić information content (AvgIpc) is 2.12. The van der Waals surface area contributed by atoms with Crippen molar-refractivity contribution in [2.45, 2.75) is 18.4 Å². The SMILES string of the molecule is O=C(O)CC(O)(CC(=O)NCCBr)C(=O)O. The Hall–Kier alpha value is -1.15. The number of alkyl halides is 1. The maximum atomic E-state index is 11.2. The lowest BCUT2D eigenvalue weighted by molar-refractivity contribution is -0.167. The fourth-order valence-electron chi connectivity index (χ4n) is 0.979. The lowest BCUT2D eigenvalue weighted by Crippen LogP contribution is -2.45. The van der Waals surface area contributed by atoms with Crippen LogP contribution in [0.25, 0.3) is 0 Å². The second kappa shape index (κ2) is 6.44. The fourth-order valence-corrected chi connectivity index (χ4v) is 1.18.